The maximum absolute atomic E-state index is 11.4. The van der Waals surface area contributed by atoms with Crippen molar-refractivity contribution < 1.29 is 9.21 Å². The Bertz CT molecular complexity index is 589. The summed E-state index contributed by atoms with van der Waals surface area (Å²) in [6.45, 7) is 9.64. The van der Waals surface area contributed by atoms with Crippen molar-refractivity contribution in [2.75, 3.05) is 0 Å². The Kier molecular flexibility index (Phi) is 2.38. The van der Waals surface area contributed by atoms with Gasteiger partial charge in [0.25, 0.3) is 0 Å². The molecule has 0 atom stereocenters. The van der Waals surface area contributed by atoms with E-state index in [1.807, 2.05) is 13.8 Å². The molecule has 0 radical (unpaired) electrons. The first kappa shape index (κ1) is 10.9. The van der Waals surface area contributed by atoms with Gasteiger partial charge < -0.3 is 4.42 Å². The van der Waals surface area contributed by atoms with Crippen LogP contribution < -0.4 is 0 Å². The summed E-state index contributed by atoms with van der Waals surface area (Å²) in [5.41, 5.74) is 5.32. The molecular formula is C14H16O2. The summed E-state index contributed by atoms with van der Waals surface area (Å²) in [6.07, 6.45) is 0. The van der Waals surface area contributed by atoms with E-state index < -0.39 is 0 Å². The molecule has 0 spiro atoms. The molecule has 0 fully saturated rings. The second-order valence-corrected chi connectivity index (χ2v) is 4.45. The molecule has 0 saturated carbocycles. The van der Waals surface area contributed by atoms with Gasteiger partial charge in [0.2, 0.25) is 0 Å². The molecule has 1 heterocycles. The third-order valence-corrected chi connectivity index (χ3v) is 3.23. The fourth-order valence-electron chi connectivity index (χ4n) is 2.27. The molecule has 2 heteroatoms. The molecule has 0 saturated heterocycles. The number of hydrogen-bond donors (Lipinski definition) is 0. The summed E-state index contributed by atoms with van der Waals surface area (Å²) in [5, 5.41) is 1.09. The number of hydrogen-bond acceptors (Lipinski definition) is 2. The Morgan fingerprint density at radius 3 is 2.25 bits per heavy atom. The van der Waals surface area contributed by atoms with Crippen LogP contribution in [0.5, 0.6) is 0 Å². The maximum Gasteiger partial charge on any atom is 0.195 e. The van der Waals surface area contributed by atoms with Gasteiger partial charge in [0.1, 0.15) is 5.58 Å². The minimum atomic E-state index is -0.00912. The van der Waals surface area contributed by atoms with E-state index in [2.05, 4.69) is 19.9 Å². The average Bonchev–Trinajstić information content (AvgIpc) is 2.53. The molecule has 2 rings (SSSR count). The Labute approximate surface area is 95.3 Å². The van der Waals surface area contributed by atoms with Crippen LogP contribution in [0.25, 0.3) is 11.0 Å². The highest BCUT2D eigenvalue weighted by atomic mass is 16.3. The van der Waals surface area contributed by atoms with Gasteiger partial charge in [-0.25, -0.2) is 0 Å². The van der Waals surface area contributed by atoms with Crippen LogP contribution in [0.1, 0.15) is 39.7 Å². The molecular weight excluding hydrogens is 200 g/mol. The Hall–Kier alpha value is -1.57. The van der Waals surface area contributed by atoms with Crippen molar-refractivity contribution in [3.63, 3.8) is 0 Å². The summed E-state index contributed by atoms with van der Waals surface area (Å²) in [6, 6.07) is 2.14. The van der Waals surface area contributed by atoms with Gasteiger partial charge in [-0.1, -0.05) is 6.07 Å². The molecule has 2 aromatic rings. The first-order chi connectivity index (χ1) is 7.43. The fourth-order valence-corrected chi connectivity index (χ4v) is 2.27. The normalized spacial score (nSPS) is 11.1. The van der Waals surface area contributed by atoms with E-state index in [4.69, 9.17) is 4.42 Å². The van der Waals surface area contributed by atoms with Gasteiger partial charge in [-0.05, 0) is 44.4 Å². The number of aryl methyl sites for hydroxylation is 4. The smallest absolute Gasteiger partial charge is 0.195 e. The van der Waals surface area contributed by atoms with Crippen LogP contribution in [0.3, 0.4) is 0 Å². The predicted octanol–water partition coefficient (Wildman–Crippen LogP) is 3.87. The summed E-state index contributed by atoms with van der Waals surface area (Å²) >= 11 is 0. The fraction of sp³-hybridized carbons (Fsp3) is 0.357. The third kappa shape index (κ3) is 1.37. The first-order valence-electron chi connectivity index (χ1n) is 5.44. The van der Waals surface area contributed by atoms with Gasteiger partial charge in [0.15, 0.2) is 11.5 Å². The van der Waals surface area contributed by atoms with Crippen LogP contribution in [0.2, 0.25) is 0 Å². The SMILES string of the molecule is CC(=O)c1oc2c(C)c(C)cc(C)c2c1C. The zero-order valence-corrected chi connectivity index (χ0v) is 10.4. The number of carbonyl (C=O) groups excluding carboxylic acids is 1. The molecule has 16 heavy (non-hydrogen) atoms. The van der Waals surface area contributed by atoms with Crippen molar-refractivity contribution >= 4 is 16.8 Å². The van der Waals surface area contributed by atoms with Crippen LogP contribution in [0.15, 0.2) is 10.5 Å². The van der Waals surface area contributed by atoms with Crippen molar-refractivity contribution in [2.24, 2.45) is 0 Å². The van der Waals surface area contributed by atoms with E-state index in [1.165, 1.54) is 11.1 Å². The summed E-state index contributed by atoms with van der Waals surface area (Å²) in [4.78, 5) is 11.4. The van der Waals surface area contributed by atoms with Crippen molar-refractivity contribution in [3.05, 3.63) is 34.1 Å². The lowest BCUT2D eigenvalue weighted by molar-refractivity contribution is 0.0988. The van der Waals surface area contributed by atoms with Gasteiger partial charge in [0, 0.05) is 17.9 Å². The van der Waals surface area contributed by atoms with Crippen molar-refractivity contribution in [1.82, 2.24) is 0 Å². The highest BCUT2D eigenvalue weighted by Gasteiger charge is 2.17. The van der Waals surface area contributed by atoms with Gasteiger partial charge in [-0.3, -0.25) is 4.79 Å². The average molecular weight is 216 g/mol. The van der Waals surface area contributed by atoms with Crippen LogP contribution in [0.4, 0.5) is 0 Å². The number of rotatable bonds is 1. The van der Waals surface area contributed by atoms with Gasteiger partial charge >= 0.3 is 0 Å². The van der Waals surface area contributed by atoms with Gasteiger partial charge in [0.05, 0.1) is 0 Å². The molecule has 0 aliphatic carbocycles. The van der Waals surface area contributed by atoms with Crippen molar-refractivity contribution in [2.45, 2.75) is 34.6 Å². The number of ketones is 1. The molecule has 1 aromatic heterocycles. The lowest BCUT2D eigenvalue weighted by Crippen LogP contribution is -1.90. The Balaban J connectivity index is 2.96. The van der Waals surface area contributed by atoms with E-state index in [1.54, 1.807) is 6.92 Å². The summed E-state index contributed by atoms with van der Waals surface area (Å²) < 4.78 is 5.70. The van der Waals surface area contributed by atoms with Crippen LogP contribution >= 0.6 is 0 Å². The highest BCUT2D eigenvalue weighted by Crippen LogP contribution is 2.32. The summed E-state index contributed by atoms with van der Waals surface area (Å²) in [5.74, 6) is 0.483. The van der Waals surface area contributed by atoms with Gasteiger partial charge in [-0.2, -0.15) is 0 Å². The molecule has 0 aliphatic rings. The standard InChI is InChI=1S/C14H16O2/c1-7-6-8(2)12-10(4)13(11(5)15)16-14(12)9(7)3/h6H,1-5H3. The van der Waals surface area contributed by atoms with Crippen molar-refractivity contribution in [3.8, 4) is 0 Å². The van der Waals surface area contributed by atoms with E-state index in [9.17, 15) is 4.79 Å². The second kappa shape index (κ2) is 3.48. The van der Waals surface area contributed by atoms with E-state index in [-0.39, 0.29) is 5.78 Å². The summed E-state index contributed by atoms with van der Waals surface area (Å²) in [7, 11) is 0. The number of furan rings is 1. The van der Waals surface area contributed by atoms with Crippen LogP contribution in [0, 0.1) is 27.7 Å². The lowest BCUT2D eigenvalue weighted by Gasteiger charge is -2.03. The Morgan fingerprint density at radius 1 is 1.06 bits per heavy atom. The molecule has 0 aliphatic heterocycles. The van der Waals surface area contributed by atoms with Crippen LogP contribution in [-0.2, 0) is 0 Å². The number of carbonyl (C=O) groups is 1. The largest absolute Gasteiger partial charge is 0.452 e. The van der Waals surface area contributed by atoms with E-state index in [0.29, 0.717) is 5.76 Å². The Morgan fingerprint density at radius 2 is 1.69 bits per heavy atom. The quantitative estimate of drug-likeness (QED) is 0.677. The minimum absolute atomic E-state index is 0.00912. The zero-order chi connectivity index (χ0) is 12.0. The first-order valence-corrected chi connectivity index (χ1v) is 5.44. The molecule has 0 bridgehead atoms. The zero-order valence-electron chi connectivity index (χ0n) is 10.4. The minimum Gasteiger partial charge on any atom is -0.452 e. The maximum atomic E-state index is 11.4. The monoisotopic (exact) mass is 216 g/mol. The molecule has 2 nitrogen and oxygen atoms in total. The molecule has 0 unspecified atom stereocenters. The second-order valence-electron chi connectivity index (χ2n) is 4.45. The number of Topliss-reactive ketones (excluding diaryl/α,β-unsaturated/α-hetero) is 1. The lowest BCUT2D eigenvalue weighted by atomic mass is 9.99. The molecule has 1 aromatic carbocycles. The number of benzene rings is 1. The third-order valence-electron chi connectivity index (χ3n) is 3.23. The molecule has 0 amide bonds. The van der Waals surface area contributed by atoms with Crippen molar-refractivity contribution in [1.29, 1.82) is 0 Å². The van der Waals surface area contributed by atoms with E-state index in [0.717, 1.165) is 22.1 Å². The van der Waals surface area contributed by atoms with E-state index >= 15 is 0 Å². The topological polar surface area (TPSA) is 30.2 Å². The molecule has 0 N–H and O–H groups in total. The number of fused-ring (bicyclic) bond motifs is 1. The van der Waals surface area contributed by atoms with Crippen LogP contribution in [-0.4, -0.2) is 5.78 Å². The highest BCUT2D eigenvalue weighted by molar-refractivity contribution is 6.00. The van der Waals surface area contributed by atoms with Gasteiger partial charge in [-0.15, -0.1) is 0 Å². The predicted molar refractivity (Wildman–Crippen MR) is 65.2 cm³/mol. The molecule has 84 valence electrons.